The highest BCUT2D eigenvalue weighted by atomic mass is 35.5. The highest BCUT2D eigenvalue weighted by molar-refractivity contribution is 6.30. The number of halogens is 1. The van der Waals surface area contributed by atoms with Gasteiger partial charge in [-0.2, -0.15) is 5.10 Å². The first-order valence-corrected chi connectivity index (χ1v) is 7.71. The van der Waals surface area contributed by atoms with Gasteiger partial charge in [-0.25, -0.2) is 0 Å². The molecule has 1 aromatic heterocycles. The summed E-state index contributed by atoms with van der Waals surface area (Å²) >= 11 is 5.90. The largest absolute Gasteiger partial charge is 0.390 e. The number of aromatic nitrogens is 2. The van der Waals surface area contributed by atoms with Crippen molar-refractivity contribution < 1.29 is 10.2 Å². The molecule has 0 bridgehead atoms. The Labute approximate surface area is 139 Å². The summed E-state index contributed by atoms with van der Waals surface area (Å²) in [6, 6.07) is 18.6. The van der Waals surface area contributed by atoms with Gasteiger partial charge in [0.15, 0.2) is 0 Å². The number of rotatable bonds is 5. The predicted molar refractivity (Wildman–Crippen MR) is 90.0 cm³/mol. The van der Waals surface area contributed by atoms with Crippen molar-refractivity contribution in [3.8, 4) is 11.3 Å². The van der Waals surface area contributed by atoms with Crippen molar-refractivity contribution in [3.05, 3.63) is 76.9 Å². The molecule has 0 spiro atoms. The lowest BCUT2D eigenvalue weighted by Gasteiger charge is -2.12. The summed E-state index contributed by atoms with van der Waals surface area (Å²) < 4.78 is 1.64. The van der Waals surface area contributed by atoms with Gasteiger partial charge in [-0.3, -0.25) is 4.68 Å². The molecule has 1 heterocycles. The van der Waals surface area contributed by atoms with E-state index in [9.17, 15) is 10.2 Å². The fraction of sp³-hybridized carbons (Fsp3) is 0.167. The molecule has 0 saturated heterocycles. The molecule has 0 aliphatic carbocycles. The first-order chi connectivity index (χ1) is 11.2. The van der Waals surface area contributed by atoms with E-state index in [1.807, 2.05) is 48.5 Å². The Morgan fingerprint density at radius 2 is 1.74 bits per heavy atom. The Kier molecular flexibility index (Phi) is 4.76. The SMILES string of the molecule is OCc1cc(-c2ccc(Cl)cc2)nn1CC(O)c1ccccc1. The van der Waals surface area contributed by atoms with Gasteiger partial charge in [-0.15, -0.1) is 0 Å². The van der Waals surface area contributed by atoms with Crippen LogP contribution in [0.2, 0.25) is 5.02 Å². The molecular formula is C18H17ClN2O2. The second-order valence-corrected chi connectivity index (χ2v) is 5.73. The van der Waals surface area contributed by atoms with Gasteiger partial charge in [-0.1, -0.05) is 54.1 Å². The molecule has 118 valence electrons. The molecule has 4 nitrogen and oxygen atoms in total. The van der Waals surface area contributed by atoms with Crippen LogP contribution < -0.4 is 0 Å². The lowest BCUT2D eigenvalue weighted by molar-refractivity contribution is 0.147. The second-order valence-electron chi connectivity index (χ2n) is 5.29. The van der Waals surface area contributed by atoms with Gasteiger partial charge in [-0.05, 0) is 23.8 Å². The molecule has 23 heavy (non-hydrogen) atoms. The van der Waals surface area contributed by atoms with E-state index < -0.39 is 6.10 Å². The molecular weight excluding hydrogens is 312 g/mol. The lowest BCUT2D eigenvalue weighted by atomic mass is 10.1. The normalized spacial score (nSPS) is 12.3. The zero-order valence-electron chi connectivity index (χ0n) is 12.4. The van der Waals surface area contributed by atoms with Crippen LogP contribution in [0, 0.1) is 0 Å². The van der Waals surface area contributed by atoms with Crippen LogP contribution in [-0.4, -0.2) is 20.0 Å². The van der Waals surface area contributed by atoms with Gasteiger partial charge in [0, 0.05) is 10.6 Å². The Morgan fingerprint density at radius 3 is 2.39 bits per heavy atom. The van der Waals surface area contributed by atoms with Crippen LogP contribution in [0.5, 0.6) is 0 Å². The molecule has 0 radical (unpaired) electrons. The molecule has 0 aliphatic heterocycles. The number of benzene rings is 2. The van der Waals surface area contributed by atoms with E-state index in [1.54, 1.807) is 16.8 Å². The van der Waals surface area contributed by atoms with Crippen molar-refractivity contribution in [2.75, 3.05) is 0 Å². The number of hydrogen-bond acceptors (Lipinski definition) is 3. The van der Waals surface area contributed by atoms with Crippen molar-refractivity contribution in [2.24, 2.45) is 0 Å². The molecule has 0 saturated carbocycles. The van der Waals surface area contributed by atoms with Crippen molar-refractivity contribution in [1.29, 1.82) is 0 Å². The molecule has 5 heteroatoms. The maximum Gasteiger partial charge on any atom is 0.0986 e. The minimum Gasteiger partial charge on any atom is -0.390 e. The number of aliphatic hydroxyl groups excluding tert-OH is 2. The first kappa shape index (κ1) is 15.7. The average Bonchev–Trinajstić information content (AvgIpc) is 2.99. The Bertz CT molecular complexity index is 769. The van der Waals surface area contributed by atoms with Crippen LogP contribution in [0.25, 0.3) is 11.3 Å². The molecule has 2 N–H and O–H groups in total. The van der Waals surface area contributed by atoms with Crippen molar-refractivity contribution in [3.63, 3.8) is 0 Å². The third-order valence-corrected chi connectivity index (χ3v) is 3.95. The summed E-state index contributed by atoms with van der Waals surface area (Å²) in [4.78, 5) is 0. The van der Waals surface area contributed by atoms with Gasteiger partial charge in [0.2, 0.25) is 0 Å². The van der Waals surface area contributed by atoms with Crippen molar-refractivity contribution in [2.45, 2.75) is 19.3 Å². The number of hydrogen-bond donors (Lipinski definition) is 2. The highest BCUT2D eigenvalue weighted by Crippen LogP contribution is 2.23. The summed E-state index contributed by atoms with van der Waals surface area (Å²) in [6.07, 6.45) is -0.681. The van der Waals surface area contributed by atoms with E-state index in [1.165, 1.54) is 0 Å². The number of aliphatic hydroxyl groups is 2. The van der Waals surface area contributed by atoms with Gasteiger partial charge < -0.3 is 10.2 Å². The number of nitrogens with zero attached hydrogens (tertiary/aromatic N) is 2. The molecule has 1 atom stereocenters. The Balaban J connectivity index is 1.86. The summed E-state index contributed by atoms with van der Waals surface area (Å²) in [5.41, 5.74) is 3.13. The minimum atomic E-state index is -0.681. The van der Waals surface area contributed by atoms with Crippen LogP contribution in [0.15, 0.2) is 60.7 Å². The summed E-state index contributed by atoms with van der Waals surface area (Å²) in [5, 5.41) is 25.1. The third-order valence-electron chi connectivity index (χ3n) is 3.70. The molecule has 0 amide bonds. The summed E-state index contributed by atoms with van der Waals surface area (Å²) in [6.45, 7) is 0.148. The van der Waals surface area contributed by atoms with E-state index in [0.29, 0.717) is 10.7 Å². The van der Waals surface area contributed by atoms with Gasteiger partial charge in [0.1, 0.15) is 0 Å². The maximum absolute atomic E-state index is 10.4. The maximum atomic E-state index is 10.4. The van der Waals surface area contributed by atoms with Gasteiger partial charge in [0.05, 0.1) is 30.6 Å². The predicted octanol–water partition coefficient (Wildman–Crippen LogP) is 3.43. The molecule has 3 rings (SSSR count). The topological polar surface area (TPSA) is 58.3 Å². The minimum absolute atomic E-state index is 0.137. The summed E-state index contributed by atoms with van der Waals surface area (Å²) in [7, 11) is 0. The van der Waals surface area contributed by atoms with E-state index in [-0.39, 0.29) is 13.2 Å². The zero-order chi connectivity index (χ0) is 16.2. The fourth-order valence-corrected chi connectivity index (χ4v) is 2.57. The van der Waals surface area contributed by atoms with E-state index in [0.717, 1.165) is 16.8 Å². The fourth-order valence-electron chi connectivity index (χ4n) is 2.45. The van der Waals surface area contributed by atoms with E-state index >= 15 is 0 Å². The van der Waals surface area contributed by atoms with Crippen LogP contribution >= 0.6 is 11.6 Å². The van der Waals surface area contributed by atoms with Crippen LogP contribution in [0.1, 0.15) is 17.4 Å². The quantitative estimate of drug-likeness (QED) is 0.754. The first-order valence-electron chi connectivity index (χ1n) is 7.34. The monoisotopic (exact) mass is 328 g/mol. The van der Waals surface area contributed by atoms with E-state index in [4.69, 9.17) is 11.6 Å². The Morgan fingerprint density at radius 1 is 1.04 bits per heavy atom. The zero-order valence-corrected chi connectivity index (χ0v) is 13.2. The molecule has 3 aromatic rings. The standard InChI is InChI=1S/C18H17ClN2O2/c19-15-8-6-13(7-9-15)17-10-16(12-22)21(20-17)11-18(23)14-4-2-1-3-5-14/h1-10,18,22-23H,11-12H2. The van der Waals surface area contributed by atoms with Crippen molar-refractivity contribution in [1.82, 2.24) is 9.78 Å². The molecule has 2 aromatic carbocycles. The van der Waals surface area contributed by atoms with Crippen LogP contribution in [0.3, 0.4) is 0 Å². The average molecular weight is 329 g/mol. The summed E-state index contributed by atoms with van der Waals surface area (Å²) in [5.74, 6) is 0. The van der Waals surface area contributed by atoms with Crippen molar-refractivity contribution >= 4 is 11.6 Å². The van der Waals surface area contributed by atoms with Crippen LogP contribution in [-0.2, 0) is 13.2 Å². The van der Waals surface area contributed by atoms with Gasteiger partial charge >= 0.3 is 0 Å². The second kappa shape index (κ2) is 6.96. The molecule has 0 fully saturated rings. The molecule has 0 aliphatic rings. The smallest absolute Gasteiger partial charge is 0.0986 e. The van der Waals surface area contributed by atoms with Crippen LogP contribution in [0.4, 0.5) is 0 Å². The lowest BCUT2D eigenvalue weighted by Crippen LogP contribution is -2.12. The third kappa shape index (κ3) is 3.62. The van der Waals surface area contributed by atoms with Gasteiger partial charge in [0.25, 0.3) is 0 Å². The Hall–Kier alpha value is -2.14. The highest BCUT2D eigenvalue weighted by Gasteiger charge is 2.14. The van der Waals surface area contributed by atoms with E-state index in [2.05, 4.69) is 5.10 Å². The molecule has 1 unspecified atom stereocenters.